The van der Waals surface area contributed by atoms with Crippen LogP contribution in [-0.2, 0) is 0 Å². The van der Waals surface area contributed by atoms with Gasteiger partial charge in [0.05, 0.1) is 22.4 Å². The second-order valence-electron chi connectivity index (χ2n) is 15.7. The Labute approximate surface area is 353 Å². The van der Waals surface area contributed by atoms with Crippen LogP contribution >= 0.6 is 0 Å². The van der Waals surface area contributed by atoms with Crippen molar-refractivity contribution in [2.75, 3.05) is 4.90 Å². The van der Waals surface area contributed by atoms with Crippen molar-refractivity contribution in [2.24, 2.45) is 0 Å². The summed E-state index contributed by atoms with van der Waals surface area (Å²) in [5.41, 5.74) is 15.5. The highest BCUT2D eigenvalue weighted by Crippen LogP contribution is 2.44. The molecule has 0 aliphatic carbocycles. The zero-order chi connectivity index (χ0) is 40.3. The Bertz CT molecular complexity index is 3560. The van der Waals surface area contributed by atoms with E-state index in [1.165, 1.54) is 60.5 Å². The summed E-state index contributed by atoms with van der Waals surface area (Å²) < 4.78 is 9.05. The fourth-order valence-electron chi connectivity index (χ4n) is 9.24. The summed E-state index contributed by atoms with van der Waals surface area (Å²) in [6.07, 6.45) is 0. The topological polar surface area (TPSA) is 21.3 Å². The van der Waals surface area contributed by atoms with E-state index in [1.807, 2.05) is 12.1 Å². The number of rotatable bonds is 7. The molecule has 12 aromatic rings. The molecule has 2 heterocycles. The van der Waals surface area contributed by atoms with Crippen LogP contribution < -0.4 is 4.90 Å². The third-order valence-electron chi connectivity index (χ3n) is 12.2. The quantitative estimate of drug-likeness (QED) is 0.161. The number of nitrogens with zero attached hydrogens (tertiary/aromatic N) is 2. The van der Waals surface area contributed by atoms with Crippen molar-refractivity contribution >= 4 is 71.6 Å². The van der Waals surface area contributed by atoms with Crippen molar-refractivity contribution < 1.29 is 4.42 Å². The smallest absolute Gasteiger partial charge is 0.159 e. The fourth-order valence-corrected chi connectivity index (χ4v) is 9.24. The molecular formula is C58H38N2O. The van der Waals surface area contributed by atoms with Gasteiger partial charge in [0, 0.05) is 38.3 Å². The molecule has 2 aromatic heterocycles. The Hall–Kier alpha value is -8.14. The molecule has 0 N–H and O–H groups in total. The van der Waals surface area contributed by atoms with Gasteiger partial charge in [-0.3, -0.25) is 0 Å². The van der Waals surface area contributed by atoms with Crippen molar-refractivity contribution in [3.8, 4) is 39.1 Å². The molecule has 61 heavy (non-hydrogen) atoms. The summed E-state index contributed by atoms with van der Waals surface area (Å²) in [6, 6.07) is 82.8. The van der Waals surface area contributed by atoms with E-state index in [0.717, 1.165) is 50.1 Å². The van der Waals surface area contributed by atoms with Gasteiger partial charge in [-0.25, -0.2) is 0 Å². The first-order chi connectivity index (χ1) is 30.2. The molecule has 3 nitrogen and oxygen atoms in total. The van der Waals surface area contributed by atoms with Crippen LogP contribution in [0.1, 0.15) is 0 Å². The van der Waals surface area contributed by atoms with Gasteiger partial charge in [0.1, 0.15) is 5.58 Å². The average Bonchev–Trinajstić information content (AvgIpc) is 3.88. The van der Waals surface area contributed by atoms with Gasteiger partial charge >= 0.3 is 0 Å². The van der Waals surface area contributed by atoms with E-state index in [9.17, 15) is 0 Å². The molecule has 3 heteroatoms. The van der Waals surface area contributed by atoms with Gasteiger partial charge in [0.15, 0.2) is 5.58 Å². The number of fused-ring (bicyclic) bond motifs is 7. The maximum absolute atomic E-state index is 6.63. The second-order valence-corrected chi connectivity index (χ2v) is 15.7. The summed E-state index contributed by atoms with van der Waals surface area (Å²) in [7, 11) is 0. The molecule has 0 aliphatic rings. The lowest BCUT2D eigenvalue weighted by molar-refractivity contribution is 0.669. The van der Waals surface area contributed by atoms with Crippen molar-refractivity contribution in [3.05, 3.63) is 231 Å². The Balaban J connectivity index is 0.947. The lowest BCUT2D eigenvalue weighted by atomic mass is 10.00. The van der Waals surface area contributed by atoms with Gasteiger partial charge in [-0.05, 0) is 99.4 Å². The minimum Gasteiger partial charge on any atom is -0.454 e. The normalized spacial score (nSPS) is 11.6. The van der Waals surface area contributed by atoms with Crippen LogP contribution in [0.3, 0.4) is 0 Å². The molecule has 0 radical (unpaired) electrons. The van der Waals surface area contributed by atoms with Gasteiger partial charge < -0.3 is 13.9 Å². The van der Waals surface area contributed by atoms with Gasteiger partial charge in [-0.1, -0.05) is 170 Å². The number of hydrogen-bond acceptors (Lipinski definition) is 2. The maximum Gasteiger partial charge on any atom is 0.159 e. The summed E-state index contributed by atoms with van der Waals surface area (Å²) in [5.74, 6) is 0. The molecule has 0 bridgehead atoms. The van der Waals surface area contributed by atoms with E-state index >= 15 is 0 Å². The molecule has 286 valence electrons. The van der Waals surface area contributed by atoms with E-state index < -0.39 is 0 Å². The largest absolute Gasteiger partial charge is 0.454 e. The molecule has 0 aliphatic heterocycles. The number of aromatic nitrogens is 1. The van der Waals surface area contributed by atoms with Gasteiger partial charge in [0.25, 0.3) is 0 Å². The predicted molar refractivity (Wildman–Crippen MR) is 257 cm³/mol. The molecule has 0 spiro atoms. The minimum atomic E-state index is 0.862. The molecule has 0 saturated carbocycles. The van der Waals surface area contributed by atoms with Gasteiger partial charge in [-0.15, -0.1) is 0 Å². The monoisotopic (exact) mass is 778 g/mol. The summed E-state index contributed by atoms with van der Waals surface area (Å²) in [4.78, 5) is 2.32. The molecule has 0 atom stereocenters. The first-order valence-electron chi connectivity index (χ1n) is 20.8. The average molecular weight is 779 g/mol. The minimum absolute atomic E-state index is 0.862. The van der Waals surface area contributed by atoms with Gasteiger partial charge in [0.2, 0.25) is 0 Å². The van der Waals surface area contributed by atoms with E-state index in [0.29, 0.717) is 0 Å². The molecule has 12 rings (SSSR count). The second kappa shape index (κ2) is 14.3. The highest BCUT2D eigenvalue weighted by atomic mass is 16.3. The third kappa shape index (κ3) is 5.90. The maximum atomic E-state index is 6.63. The molecule has 10 aromatic carbocycles. The van der Waals surface area contributed by atoms with Crippen LogP contribution in [-0.4, -0.2) is 4.57 Å². The summed E-state index contributed by atoms with van der Waals surface area (Å²) in [6.45, 7) is 0. The highest BCUT2D eigenvalue weighted by molar-refractivity contribution is 6.12. The van der Waals surface area contributed by atoms with Crippen LogP contribution in [0.2, 0.25) is 0 Å². The molecule has 0 unspecified atom stereocenters. The van der Waals surface area contributed by atoms with Crippen LogP contribution in [0.15, 0.2) is 235 Å². The lowest BCUT2D eigenvalue weighted by Crippen LogP contribution is -2.10. The predicted octanol–water partition coefficient (Wildman–Crippen LogP) is 16.3. The van der Waals surface area contributed by atoms with Crippen LogP contribution in [0.5, 0.6) is 0 Å². The zero-order valence-corrected chi connectivity index (χ0v) is 33.2. The number of benzene rings is 10. The Morgan fingerprint density at radius 1 is 0.328 bits per heavy atom. The van der Waals surface area contributed by atoms with Crippen LogP contribution in [0.4, 0.5) is 17.1 Å². The third-order valence-corrected chi connectivity index (χ3v) is 12.2. The van der Waals surface area contributed by atoms with Crippen molar-refractivity contribution in [3.63, 3.8) is 0 Å². The van der Waals surface area contributed by atoms with Gasteiger partial charge in [-0.2, -0.15) is 0 Å². The fraction of sp³-hybridized carbons (Fsp3) is 0. The Kier molecular flexibility index (Phi) is 8.17. The number of para-hydroxylation sites is 3. The zero-order valence-electron chi connectivity index (χ0n) is 33.2. The Morgan fingerprint density at radius 2 is 0.836 bits per heavy atom. The van der Waals surface area contributed by atoms with Crippen molar-refractivity contribution in [2.45, 2.75) is 0 Å². The Morgan fingerprint density at radius 3 is 1.57 bits per heavy atom. The van der Waals surface area contributed by atoms with Crippen LogP contribution in [0.25, 0.3) is 93.6 Å². The van der Waals surface area contributed by atoms with Crippen molar-refractivity contribution in [1.29, 1.82) is 0 Å². The van der Waals surface area contributed by atoms with Crippen LogP contribution in [0, 0.1) is 0 Å². The number of anilines is 3. The van der Waals surface area contributed by atoms with E-state index in [4.69, 9.17) is 4.42 Å². The first kappa shape index (κ1) is 34.9. The van der Waals surface area contributed by atoms with E-state index in [1.54, 1.807) is 0 Å². The molecular weight excluding hydrogens is 741 g/mol. The molecule has 0 amide bonds. The van der Waals surface area contributed by atoms with E-state index in [-0.39, 0.29) is 0 Å². The lowest BCUT2D eigenvalue weighted by Gasteiger charge is -2.26. The van der Waals surface area contributed by atoms with Crippen molar-refractivity contribution in [1.82, 2.24) is 4.57 Å². The van der Waals surface area contributed by atoms with E-state index in [2.05, 4.69) is 228 Å². The standard InChI is InChI=1S/C58H38N2O/c1-2-12-39(13-3-1)40-24-26-41(27-25-40)42-28-33-46(34-29-42)59(56-22-11-19-51-50-18-7-9-23-57(50)61-58(51)56)47-35-30-43(31-36-47)45-32-37-55-52(38-45)49-17-6-8-20-54(49)60(55)53-21-10-15-44-14-4-5-16-48(44)53/h1-38H. The number of hydrogen-bond donors (Lipinski definition) is 0. The SMILES string of the molecule is c1ccc(-c2ccc(-c3ccc(N(c4ccc(-c5ccc6c(c5)c5ccccc5n6-c5cccc6ccccc56)cc4)c4cccc5c4oc4ccccc45)cc3)cc2)cc1. The molecule has 0 fully saturated rings. The summed E-state index contributed by atoms with van der Waals surface area (Å²) >= 11 is 0. The number of furan rings is 1. The molecule has 0 saturated heterocycles. The first-order valence-corrected chi connectivity index (χ1v) is 20.8. The summed E-state index contributed by atoms with van der Waals surface area (Å²) in [5, 5.41) is 7.16. The highest BCUT2D eigenvalue weighted by Gasteiger charge is 2.20.